The number of benzene rings is 1. The number of H-pyrrole nitrogens is 1. The third-order valence-electron chi connectivity index (χ3n) is 5.04. The highest BCUT2D eigenvalue weighted by Crippen LogP contribution is 2.37. The van der Waals surface area contributed by atoms with Gasteiger partial charge in [0.1, 0.15) is 10.7 Å². The first-order chi connectivity index (χ1) is 14.3. The van der Waals surface area contributed by atoms with Crippen LogP contribution in [0, 0.1) is 11.3 Å². The van der Waals surface area contributed by atoms with Crippen molar-refractivity contribution in [2.24, 2.45) is 0 Å². The second-order valence-electron chi connectivity index (χ2n) is 6.99. The van der Waals surface area contributed by atoms with Crippen molar-refractivity contribution in [3.8, 4) is 16.6 Å². The Morgan fingerprint density at radius 3 is 2.97 bits per heavy atom. The number of thiazole rings is 1. The van der Waals surface area contributed by atoms with Crippen molar-refractivity contribution in [2.75, 3.05) is 5.32 Å². The SMILES string of the molecule is N#Cc1cccc(SNC2CC(Nc3c(-c4nccs4)cnc4[nH]ccc34)C2)c1. The van der Waals surface area contributed by atoms with Crippen molar-refractivity contribution in [2.45, 2.75) is 29.8 Å². The molecule has 1 aromatic carbocycles. The molecular formula is C21H18N6S2. The lowest BCUT2D eigenvalue weighted by Gasteiger charge is -2.37. The van der Waals surface area contributed by atoms with Crippen molar-refractivity contribution in [3.63, 3.8) is 0 Å². The van der Waals surface area contributed by atoms with Gasteiger partial charge in [-0.05, 0) is 49.1 Å². The Bertz CT molecular complexity index is 1170. The van der Waals surface area contributed by atoms with Crippen LogP contribution in [0.25, 0.3) is 21.6 Å². The summed E-state index contributed by atoms with van der Waals surface area (Å²) in [4.78, 5) is 13.3. The number of nitriles is 1. The van der Waals surface area contributed by atoms with Gasteiger partial charge in [-0.1, -0.05) is 6.07 Å². The number of aromatic nitrogens is 3. The maximum absolute atomic E-state index is 9.02. The predicted molar refractivity (Wildman–Crippen MR) is 118 cm³/mol. The number of anilines is 1. The van der Waals surface area contributed by atoms with Crippen LogP contribution in [0.5, 0.6) is 0 Å². The number of rotatable bonds is 6. The summed E-state index contributed by atoms with van der Waals surface area (Å²) >= 11 is 3.22. The Kier molecular flexibility index (Phi) is 4.94. The van der Waals surface area contributed by atoms with E-state index in [0.29, 0.717) is 17.6 Å². The van der Waals surface area contributed by atoms with Crippen LogP contribution in [-0.2, 0) is 0 Å². The van der Waals surface area contributed by atoms with E-state index < -0.39 is 0 Å². The Morgan fingerprint density at radius 1 is 1.21 bits per heavy atom. The molecule has 3 heterocycles. The minimum Gasteiger partial charge on any atom is -0.381 e. The summed E-state index contributed by atoms with van der Waals surface area (Å²) in [5.74, 6) is 0. The van der Waals surface area contributed by atoms with Gasteiger partial charge < -0.3 is 10.3 Å². The van der Waals surface area contributed by atoms with E-state index in [-0.39, 0.29) is 0 Å². The molecule has 3 N–H and O–H groups in total. The minimum absolute atomic E-state index is 0.401. The fourth-order valence-electron chi connectivity index (χ4n) is 3.50. The van der Waals surface area contributed by atoms with E-state index in [1.54, 1.807) is 23.3 Å². The average Bonchev–Trinajstić information content (AvgIpc) is 3.41. The van der Waals surface area contributed by atoms with Crippen LogP contribution in [0.3, 0.4) is 0 Å². The van der Waals surface area contributed by atoms with E-state index in [1.165, 1.54) is 0 Å². The maximum atomic E-state index is 9.02. The molecule has 0 radical (unpaired) electrons. The number of nitrogens with zero attached hydrogens (tertiary/aromatic N) is 3. The fourth-order valence-corrected chi connectivity index (χ4v) is 4.98. The van der Waals surface area contributed by atoms with Crippen LogP contribution in [0.1, 0.15) is 18.4 Å². The van der Waals surface area contributed by atoms with Crippen LogP contribution < -0.4 is 10.0 Å². The Morgan fingerprint density at radius 2 is 2.14 bits per heavy atom. The highest BCUT2D eigenvalue weighted by molar-refractivity contribution is 7.97. The topological polar surface area (TPSA) is 89.4 Å². The van der Waals surface area contributed by atoms with Gasteiger partial charge in [-0.25, -0.2) is 9.97 Å². The van der Waals surface area contributed by atoms with Gasteiger partial charge in [0, 0.05) is 46.3 Å². The van der Waals surface area contributed by atoms with Crippen molar-refractivity contribution in [1.82, 2.24) is 19.7 Å². The molecular weight excluding hydrogens is 400 g/mol. The molecule has 144 valence electrons. The number of fused-ring (bicyclic) bond motifs is 1. The average molecular weight is 419 g/mol. The van der Waals surface area contributed by atoms with E-state index in [2.05, 4.69) is 37.1 Å². The van der Waals surface area contributed by atoms with Crippen molar-refractivity contribution in [3.05, 3.63) is 59.9 Å². The molecule has 8 heteroatoms. The van der Waals surface area contributed by atoms with Crippen LogP contribution in [0.2, 0.25) is 0 Å². The molecule has 3 aromatic heterocycles. The standard InChI is InChI=1S/C21H18N6S2/c22-11-13-2-1-3-16(8-13)29-27-15-9-14(10-15)26-19-17-4-5-23-20(17)25-12-18(19)21-24-6-7-28-21/h1-8,12,14-15,27H,9-10H2,(H2,23,25,26). The second-order valence-corrected chi connectivity index (χ2v) is 8.80. The van der Waals surface area contributed by atoms with Gasteiger partial charge in [0.2, 0.25) is 0 Å². The molecule has 0 atom stereocenters. The van der Waals surface area contributed by atoms with Crippen molar-refractivity contribution < 1.29 is 0 Å². The zero-order chi connectivity index (χ0) is 19.6. The third kappa shape index (κ3) is 3.72. The van der Waals surface area contributed by atoms with Crippen molar-refractivity contribution in [1.29, 1.82) is 5.26 Å². The lowest BCUT2D eigenvalue weighted by atomic mass is 9.87. The number of nitrogens with one attached hydrogen (secondary N) is 3. The maximum Gasteiger partial charge on any atom is 0.139 e. The summed E-state index contributed by atoms with van der Waals surface area (Å²) in [5.41, 5.74) is 3.72. The van der Waals surface area contributed by atoms with Crippen molar-refractivity contribution >= 4 is 40.0 Å². The molecule has 0 unspecified atom stereocenters. The van der Waals surface area contributed by atoms with Crippen LogP contribution in [0.15, 0.2) is 59.2 Å². The smallest absolute Gasteiger partial charge is 0.139 e. The van der Waals surface area contributed by atoms with Gasteiger partial charge >= 0.3 is 0 Å². The molecule has 1 saturated carbocycles. The molecule has 1 aliphatic rings. The molecule has 0 bridgehead atoms. The molecule has 0 saturated heterocycles. The summed E-state index contributed by atoms with van der Waals surface area (Å²) in [7, 11) is 0. The summed E-state index contributed by atoms with van der Waals surface area (Å²) < 4.78 is 3.52. The summed E-state index contributed by atoms with van der Waals surface area (Å²) in [5, 5.41) is 16.8. The van der Waals surface area contributed by atoms with E-state index in [4.69, 9.17) is 5.26 Å². The summed E-state index contributed by atoms with van der Waals surface area (Å²) in [6, 6.07) is 12.8. The molecule has 0 amide bonds. The van der Waals surface area contributed by atoms with E-state index in [1.807, 2.05) is 48.2 Å². The molecule has 0 aliphatic heterocycles. The molecule has 4 aromatic rings. The summed E-state index contributed by atoms with van der Waals surface area (Å²) in [6.45, 7) is 0. The van der Waals surface area contributed by atoms with Gasteiger partial charge in [-0.2, -0.15) is 5.26 Å². The van der Waals surface area contributed by atoms with E-state index in [0.717, 1.165) is 45.0 Å². The lowest BCUT2D eigenvalue weighted by Crippen LogP contribution is -2.45. The Balaban J connectivity index is 1.26. The first-order valence-corrected chi connectivity index (χ1v) is 11.0. The van der Waals surface area contributed by atoms with E-state index in [9.17, 15) is 0 Å². The molecule has 6 nitrogen and oxygen atoms in total. The monoisotopic (exact) mass is 418 g/mol. The molecule has 29 heavy (non-hydrogen) atoms. The first-order valence-electron chi connectivity index (χ1n) is 9.35. The Labute approximate surface area is 176 Å². The largest absolute Gasteiger partial charge is 0.381 e. The molecule has 1 fully saturated rings. The zero-order valence-corrected chi connectivity index (χ0v) is 17.1. The first kappa shape index (κ1) is 18.2. The quantitative estimate of drug-likeness (QED) is 0.390. The number of hydrogen-bond donors (Lipinski definition) is 3. The second kappa shape index (κ2) is 7.87. The van der Waals surface area contributed by atoms with Crippen LogP contribution in [-0.4, -0.2) is 27.0 Å². The number of hydrogen-bond acceptors (Lipinski definition) is 7. The van der Waals surface area contributed by atoms with Crippen LogP contribution in [0.4, 0.5) is 5.69 Å². The molecule has 0 spiro atoms. The van der Waals surface area contributed by atoms with Gasteiger partial charge in [0.05, 0.1) is 22.9 Å². The van der Waals surface area contributed by atoms with Crippen LogP contribution >= 0.6 is 23.3 Å². The Hall–Kier alpha value is -2.86. The molecule has 1 aliphatic carbocycles. The lowest BCUT2D eigenvalue weighted by molar-refractivity contribution is 0.355. The summed E-state index contributed by atoms with van der Waals surface area (Å²) in [6.07, 6.45) is 7.72. The predicted octanol–water partition coefficient (Wildman–Crippen LogP) is 4.80. The van der Waals surface area contributed by atoms with Gasteiger partial charge in [-0.15, -0.1) is 11.3 Å². The fraction of sp³-hybridized carbons (Fsp3) is 0.190. The highest BCUT2D eigenvalue weighted by Gasteiger charge is 2.30. The number of pyridine rings is 1. The highest BCUT2D eigenvalue weighted by atomic mass is 32.2. The number of aromatic amines is 1. The van der Waals surface area contributed by atoms with Gasteiger partial charge in [-0.3, -0.25) is 4.72 Å². The van der Waals surface area contributed by atoms with Gasteiger partial charge in [0.15, 0.2) is 0 Å². The molecule has 5 rings (SSSR count). The minimum atomic E-state index is 0.401. The zero-order valence-electron chi connectivity index (χ0n) is 15.4. The third-order valence-corrected chi connectivity index (χ3v) is 6.79. The van der Waals surface area contributed by atoms with E-state index >= 15 is 0 Å². The normalized spacial score (nSPS) is 18.3. The van der Waals surface area contributed by atoms with Gasteiger partial charge in [0.25, 0.3) is 0 Å².